The molecule has 7 heteroatoms. The fourth-order valence-electron chi connectivity index (χ4n) is 2.55. The van der Waals surface area contributed by atoms with E-state index in [-0.39, 0.29) is 19.2 Å². The van der Waals surface area contributed by atoms with Crippen LogP contribution in [-0.4, -0.2) is 56.5 Å². The average Bonchev–Trinajstić information content (AvgIpc) is 2.47. The number of rotatable bonds is 3. The van der Waals surface area contributed by atoms with E-state index in [9.17, 15) is 13.2 Å². The molecular formula is C15H22N2O4S. The minimum Gasteiger partial charge on any atom is -0.450 e. The van der Waals surface area contributed by atoms with Gasteiger partial charge in [0.25, 0.3) is 0 Å². The molecule has 0 atom stereocenters. The zero-order valence-electron chi connectivity index (χ0n) is 13.2. The molecule has 22 heavy (non-hydrogen) atoms. The molecule has 1 aliphatic rings. The topological polar surface area (TPSA) is 66.9 Å². The summed E-state index contributed by atoms with van der Waals surface area (Å²) in [4.78, 5) is 13.5. The molecule has 0 unspecified atom stereocenters. The van der Waals surface area contributed by atoms with Crippen LogP contribution in [0.4, 0.5) is 4.79 Å². The molecule has 0 spiro atoms. The van der Waals surface area contributed by atoms with E-state index in [1.807, 2.05) is 13.0 Å². The van der Waals surface area contributed by atoms with Crippen molar-refractivity contribution in [3.63, 3.8) is 0 Å². The van der Waals surface area contributed by atoms with E-state index in [0.717, 1.165) is 11.1 Å². The third kappa shape index (κ3) is 3.41. The minimum absolute atomic E-state index is 0.286. The first-order chi connectivity index (χ1) is 10.4. The van der Waals surface area contributed by atoms with Crippen molar-refractivity contribution in [2.45, 2.75) is 25.7 Å². The number of nitrogens with zero attached hydrogens (tertiary/aromatic N) is 2. The highest BCUT2D eigenvalue weighted by Crippen LogP contribution is 2.22. The van der Waals surface area contributed by atoms with Crippen molar-refractivity contribution in [1.29, 1.82) is 0 Å². The van der Waals surface area contributed by atoms with E-state index >= 15 is 0 Å². The van der Waals surface area contributed by atoms with Crippen molar-refractivity contribution in [1.82, 2.24) is 9.21 Å². The van der Waals surface area contributed by atoms with Crippen LogP contribution in [0.1, 0.15) is 18.1 Å². The molecule has 1 fully saturated rings. The normalized spacial score (nSPS) is 16.6. The zero-order chi connectivity index (χ0) is 16.3. The number of aryl methyl sites for hydroxylation is 2. The van der Waals surface area contributed by atoms with Crippen molar-refractivity contribution in [3.8, 4) is 0 Å². The zero-order valence-corrected chi connectivity index (χ0v) is 14.0. The summed E-state index contributed by atoms with van der Waals surface area (Å²) in [6, 6.07) is 5.31. The molecule has 0 aromatic heterocycles. The van der Waals surface area contributed by atoms with Gasteiger partial charge in [-0.1, -0.05) is 17.7 Å². The van der Waals surface area contributed by atoms with Crippen LogP contribution in [-0.2, 0) is 14.8 Å². The number of benzene rings is 1. The Morgan fingerprint density at radius 1 is 1.18 bits per heavy atom. The number of sulfonamides is 1. The average molecular weight is 326 g/mol. The van der Waals surface area contributed by atoms with Gasteiger partial charge in [-0.05, 0) is 32.4 Å². The van der Waals surface area contributed by atoms with Crippen LogP contribution in [0.25, 0.3) is 0 Å². The van der Waals surface area contributed by atoms with E-state index in [1.54, 1.807) is 26.0 Å². The summed E-state index contributed by atoms with van der Waals surface area (Å²) in [5.74, 6) is 0. The van der Waals surface area contributed by atoms with Crippen LogP contribution < -0.4 is 0 Å². The molecule has 0 radical (unpaired) electrons. The molecule has 1 amide bonds. The molecule has 1 saturated heterocycles. The van der Waals surface area contributed by atoms with Gasteiger partial charge in [-0.15, -0.1) is 0 Å². The molecule has 0 aliphatic carbocycles. The van der Waals surface area contributed by atoms with Gasteiger partial charge >= 0.3 is 6.09 Å². The predicted octanol–water partition coefficient (Wildman–Crippen LogP) is 1.77. The Morgan fingerprint density at radius 2 is 1.82 bits per heavy atom. The van der Waals surface area contributed by atoms with Crippen LogP contribution in [0.15, 0.2) is 23.1 Å². The number of hydrogen-bond acceptors (Lipinski definition) is 4. The van der Waals surface area contributed by atoms with Gasteiger partial charge in [0, 0.05) is 26.2 Å². The number of piperazine rings is 1. The fourth-order valence-corrected chi connectivity index (χ4v) is 4.18. The van der Waals surface area contributed by atoms with Gasteiger partial charge in [-0.3, -0.25) is 0 Å². The van der Waals surface area contributed by atoms with Gasteiger partial charge in [-0.2, -0.15) is 4.31 Å². The van der Waals surface area contributed by atoms with E-state index in [1.165, 1.54) is 9.21 Å². The summed E-state index contributed by atoms with van der Waals surface area (Å²) >= 11 is 0. The van der Waals surface area contributed by atoms with Crippen molar-refractivity contribution in [3.05, 3.63) is 29.3 Å². The molecule has 122 valence electrons. The maximum Gasteiger partial charge on any atom is 0.409 e. The summed E-state index contributed by atoms with van der Waals surface area (Å²) in [5, 5.41) is 0. The Hall–Kier alpha value is -1.60. The van der Waals surface area contributed by atoms with E-state index in [4.69, 9.17) is 4.74 Å². The van der Waals surface area contributed by atoms with Gasteiger partial charge in [0.15, 0.2) is 0 Å². The van der Waals surface area contributed by atoms with Crippen LogP contribution >= 0.6 is 0 Å². The second-order valence-corrected chi connectivity index (χ2v) is 7.27. The Kier molecular flexibility index (Phi) is 5.08. The van der Waals surface area contributed by atoms with Crippen molar-refractivity contribution in [2.75, 3.05) is 32.8 Å². The summed E-state index contributed by atoms with van der Waals surface area (Å²) < 4.78 is 31.8. The first-order valence-corrected chi connectivity index (χ1v) is 8.79. The largest absolute Gasteiger partial charge is 0.450 e. The van der Waals surface area contributed by atoms with E-state index in [0.29, 0.717) is 24.6 Å². The standard InChI is InChI=1S/C15H22N2O4S/c1-4-21-15(18)16-7-9-17(10-8-16)22(19,20)14-6-5-12(2)11-13(14)3/h5-6,11H,4,7-10H2,1-3H3. The summed E-state index contributed by atoms with van der Waals surface area (Å²) in [6.07, 6.45) is -0.383. The van der Waals surface area contributed by atoms with Crippen molar-refractivity contribution < 1.29 is 17.9 Å². The van der Waals surface area contributed by atoms with Crippen LogP contribution in [0.2, 0.25) is 0 Å². The lowest BCUT2D eigenvalue weighted by molar-refractivity contribution is 0.0934. The van der Waals surface area contributed by atoms with E-state index < -0.39 is 10.0 Å². The lowest BCUT2D eigenvalue weighted by Crippen LogP contribution is -2.50. The number of ether oxygens (including phenoxy) is 1. The molecule has 0 N–H and O–H groups in total. The van der Waals surface area contributed by atoms with Gasteiger partial charge in [-0.25, -0.2) is 13.2 Å². The van der Waals surface area contributed by atoms with Crippen LogP contribution in [0.3, 0.4) is 0 Å². The minimum atomic E-state index is -3.52. The molecule has 1 heterocycles. The Morgan fingerprint density at radius 3 is 2.36 bits per heavy atom. The lowest BCUT2D eigenvalue weighted by Gasteiger charge is -2.33. The summed E-state index contributed by atoms with van der Waals surface area (Å²) in [6.45, 7) is 7.07. The molecule has 0 bridgehead atoms. The molecule has 1 aromatic carbocycles. The van der Waals surface area contributed by atoms with Crippen LogP contribution in [0, 0.1) is 13.8 Å². The van der Waals surface area contributed by atoms with Crippen molar-refractivity contribution >= 4 is 16.1 Å². The monoisotopic (exact) mass is 326 g/mol. The Bertz CT molecular complexity index is 650. The molecule has 2 rings (SSSR count). The number of carbonyl (C=O) groups is 1. The fraction of sp³-hybridized carbons (Fsp3) is 0.533. The quantitative estimate of drug-likeness (QED) is 0.849. The second kappa shape index (κ2) is 6.66. The predicted molar refractivity (Wildman–Crippen MR) is 83.3 cm³/mol. The maximum absolute atomic E-state index is 12.7. The molecule has 1 aliphatic heterocycles. The van der Waals surface area contributed by atoms with Crippen molar-refractivity contribution in [2.24, 2.45) is 0 Å². The SMILES string of the molecule is CCOC(=O)N1CCN(S(=O)(=O)c2ccc(C)cc2C)CC1. The molecule has 6 nitrogen and oxygen atoms in total. The highest BCUT2D eigenvalue weighted by Gasteiger charge is 2.31. The molecular weight excluding hydrogens is 304 g/mol. The number of hydrogen-bond donors (Lipinski definition) is 0. The number of amides is 1. The van der Waals surface area contributed by atoms with Gasteiger partial charge < -0.3 is 9.64 Å². The van der Waals surface area contributed by atoms with E-state index in [2.05, 4.69) is 0 Å². The first kappa shape index (κ1) is 16.8. The Labute approximate surface area is 131 Å². The Balaban J connectivity index is 2.11. The third-order valence-corrected chi connectivity index (χ3v) is 5.77. The maximum atomic E-state index is 12.7. The second-order valence-electron chi connectivity index (χ2n) is 5.36. The molecule has 1 aromatic rings. The highest BCUT2D eigenvalue weighted by molar-refractivity contribution is 7.89. The first-order valence-electron chi connectivity index (χ1n) is 7.35. The van der Waals surface area contributed by atoms with Crippen LogP contribution in [0.5, 0.6) is 0 Å². The summed E-state index contributed by atoms with van der Waals surface area (Å²) in [5.41, 5.74) is 1.77. The van der Waals surface area contributed by atoms with Gasteiger partial charge in [0.05, 0.1) is 11.5 Å². The third-order valence-electron chi connectivity index (χ3n) is 3.71. The lowest BCUT2D eigenvalue weighted by atomic mass is 10.2. The smallest absolute Gasteiger partial charge is 0.409 e. The van der Waals surface area contributed by atoms with Gasteiger partial charge in [0.2, 0.25) is 10.0 Å². The number of carbonyl (C=O) groups excluding carboxylic acids is 1. The summed E-state index contributed by atoms with van der Waals surface area (Å²) in [7, 11) is -3.52. The molecule has 0 saturated carbocycles. The van der Waals surface area contributed by atoms with Gasteiger partial charge in [0.1, 0.15) is 0 Å². The highest BCUT2D eigenvalue weighted by atomic mass is 32.2.